The molecule has 2 heterocycles. The van der Waals surface area contributed by atoms with Crippen LogP contribution < -0.4 is 5.32 Å². The zero-order valence-corrected chi connectivity index (χ0v) is 16.2. The van der Waals surface area contributed by atoms with Crippen molar-refractivity contribution in [1.29, 1.82) is 0 Å². The molecule has 0 fully saturated rings. The predicted octanol–water partition coefficient (Wildman–Crippen LogP) is 2.59. The molecule has 3 atom stereocenters. The van der Waals surface area contributed by atoms with Crippen molar-refractivity contribution < 1.29 is 14.6 Å². The lowest BCUT2D eigenvalue weighted by atomic mass is 10.1. The third-order valence-corrected chi connectivity index (χ3v) is 4.83. The van der Waals surface area contributed by atoms with Gasteiger partial charge in [0.25, 0.3) is 5.91 Å². The molecule has 0 spiro atoms. The minimum atomic E-state index is -0.981. The van der Waals surface area contributed by atoms with Gasteiger partial charge in [0.15, 0.2) is 6.23 Å². The molecule has 2 aromatic rings. The molecule has 138 valence electrons. The Hall–Kier alpha value is -2.03. The molecular weight excluding hydrogens is 400 g/mol. The van der Waals surface area contributed by atoms with Crippen molar-refractivity contribution in [1.82, 2.24) is 14.9 Å². The standard InChI is InChI=1S/C18H21BrN4O3/c1-3-26-10-15(22-18-20-8-12(19)9-21-18)11(2)23-16(24)13-6-4-5-7-14(13)17(23)25/h4-9,11,15-16,24H,3,10H2,1-2H3,(H,20,21,22)/t11-,15?,16?/m0/s1. The van der Waals surface area contributed by atoms with Crippen LogP contribution in [0.1, 0.15) is 36.0 Å². The summed E-state index contributed by atoms with van der Waals surface area (Å²) in [4.78, 5) is 22.7. The highest BCUT2D eigenvalue weighted by Crippen LogP contribution is 2.34. The average Bonchev–Trinajstić information content (AvgIpc) is 2.91. The van der Waals surface area contributed by atoms with Crippen LogP contribution in [0.5, 0.6) is 0 Å². The Kier molecular flexibility index (Phi) is 5.85. The molecule has 1 aromatic heterocycles. The van der Waals surface area contributed by atoms with E-state index in [1.807, 2.05) is 19.9 Å². The molecule has 1 aliphatic heterocycles. The van der Waals surface area contributed by atoms with Crippen molar-refractivity contribution in [2.24, 2.45) is 0 Å². The summed E-state index contributed by atoms with van der Waals surface area (Å²) in [5, 5.41) is 13.9. The fourth-order valence-corrected chi connectivity index (χ4v) is 3.22. The Labute approximate surface area is 160 Å². The maximum absolute atomic E-state index is 12.8. The van der Waals surface area contributed by atoms with Crippen molar-refractivity contribution in [2.45, 2.75) is 32.2 Å². The highest BCUT2D eigenvalue weighted by atomic mass is 79.9. The normalized spacial score (nSPS) is 18.5. The van der Waals surface area contributed by atoms with Crippen LogP contribution in [0.2, 0.25) is 0 Å². The molecule has 1 aliphatic rings. The van der Waals surface area contributed by atoms with E-state index in [0.29, 0.717) is 30.3 Å². The molecule has 3 rings (SSSR count). The molecule has 8 heteroatoms. The molecule has 26 heavy (non-hydrogen) atoms. The number of nitrogens with one attached hydrogen (secondary N) is 1. The molecule has 0 aliphatic carbocycles. The molecule has 0 radical (unpaired) electrons. The van der Waals surface area contributed by atoms with E-state index in [2.05, 4.69) is 31.2 Å². The second-order valence-corrected chi connectivity index (χ2v) is 6.96. The number of aliphatic hydroxyl groups is 1. The van der Waals surface area contributed by atoms with Crippen molar-refractivity contribution in [2.75, 3.05) is 18.5 Å². The maximum Gasteiger partial charge on any atom is 0.256 e. The van der Waals surface area contributed by atoms with Gasteiger partial charge >= 0.3 is 0 Å². The lowest BCUT2D eigenvalue weighted by molar-refractivity contribution is -0.00996. The molecule has 1 aromatic carbocycles. The van der Waals surface area contributed by atoms with Gasteiger partial charge < -0.3 is 20.1 Å². The molecule has 0 bridgehead atoms. The summed E-state index contributed by atoms with van der Waals surface area (Å²) in [5.74, 6) is 0.240. The van der Waals surface area contributed by atoms with Crippen LogP contribution in [0, 0.1) is 0 Å². The van der Waals surface area contributed by atoms with Gasteiger partial charge in [0.05, 0.1) is 23.2 Å². The molecule has 7 nitrogen and oxygen atoms in total. The minimum Gasteiger partial charge on any atom is -0.380 e. The Morgan fingerprint density at radius 3 is 2.69 bits per heavy atom. The molecule has 2 N–H and O–H groups in total. The number of rotatable bonds is 7. The van der Waals surface area contributed by atoms with Gasteiger partial charge in [0.2, 0.25) is 5.95 Å². The number of fused-ring (bicyclic) bond motifs is 1. The second kappa shape index (κ2) is 8.11. The van der Waals surface area contributed by atoms with Crippen molar-refractivity contribution in [3.63, 3.8) is 0 Å². The second-order valence-electron chi connectivity index (χ2n) is 6.05. The smallest absolute Gasteiger partial charge is 0.256 e. The predicted molar refractivity (Wildman–Crippen MR) is 101 cm³/mol. The summed E-state index contributed by atoms with van der Waals surface area (Å²) >= 11 is 3.31. The molecule has 2 unspecified atom stereocenters. The van der Waals surface area contributed by atoms with Crippen LogP contribution in [0.15, 0.2) is 41.1 Å². The van der Waals surface area contributed by atoms with Crippen molar-refractivity contribution in [3.05, 3.63) is 52.3 Å². The highest BCUT2D eigenvalue weighted by molar-refractivity contribution is 9.10. The lowest BCUT2D eigenvalue weighted by Gasteiger charge is -2.34. The Balaban J connectivity index is 1.82. The molecular formula is C18H21BrN4O3. The number of benzene rings is 1. The van der Waals surface area contributed by atoms with E-state index in [9.17, 15) is 9.90 Å². The van der Waals surface area contributed by atoms with Crippen LogP contribution in [0.3, 0.4) is 0 Å². The van der Waals surface area contributed by atoms with E-state index in [4.69, 9.17) is 4.74 Å². The third kappa shape index (κ3) is 3.72. The first-order chi connectivity index (χ1) is 12.5. The number of nitrogens with zero attached hydrogens (tertiary/aromatic N) is 3. The first-order valence-electron chi connectivity index (χ1n) is 8.44. The van der Waals surface area contributed by atoms with Crippen LogP contribution in [-0.4, -0.2) is 51.2 Å². The highest BCUT2D eigenvalue weighted by Gasteiger charge is 2.40. The van der Waals surface area contributed by atoms with Crippen molar-refractivity contribution in [3.8, 4) is 0 Å². The summed E-state index contributed by atoms with van der Waals surface area (Å²) in [5.41, 5.74) is 1.15. The Morgan fingerprint density at radius 1 is 1.35 bits per heavy atom. The fraction of sp³-hybridized carbons (Fsp3) is 0.389. The van der Waals surface area contributed by atoms with Gasteiger partial charge in [-0.2, -0.15) is 0 Å². The van der Waals surface area contributed by atoms with Crippen molar-refractivity contribution >= 4 is 27.8 Å². The van der Waals surface area contributed by atoms with Crippen LogP contribution in [-0.2, 0) is 4.74 Å². The van der Waals surface area contributed by atoms with E-state index < -0.39 is 6.23 Å². The summed E-state index contributed by atoms with van der Waals surface area (Å²) in [6, 6.07) is 6.48. The van der Waals surface area contributed by atoms with Crippen LogP contribution >= 0.6 is 15.9 Å². The molecule has 1 amide bonds. The van der Waals surface area contributed by atoms with Gasteiger partial charge in [-0.3, -0.25) is 4.79 Å². The summed E-state index contributed by atoms with van der Waals surface area (Å²) in [7, 11) is 0. The monoisotopic (exact) mass is 420 g/mol. The largest absolute Gasteiger partial charge is 0.380 e. The fourth-order valence-electron chi connectivity index (χ4n) is 3.02. The number of aliphatic hydroxyl groups excluding tert-OH is 1. The third-order valence-electron chi connectivity index (χ3n) is 4.42. The first-order valence-corrected chi connectivity index (χ1v) is 9.23. The number of ether oxygens (including phenoxy) is 1. The number of halogens is 1. The first kappa shape index (κ1) is 18.8. The quantitative estimate of drug-likeness (QED) is 0.715. The SMILES string of the molecule is CCOCC(Nc1ncc(Br)cn1)[C@H](C)N1C(=O)c2ccccc2C1O. The topological polar surface area (TPSA) is 87.6 Å². The van der Waals surface area contributed by atoms with E-state index in [-0.39, 0.29) is 18.0 Å². The molecule has 0 saturated carbocycles. The van der Waals surface area contributed by atoms with Gasteiger partial charge in [0, 0.05) is 30.1 Å². The number of aromatic nitrogens is 2. The number of carbonyl (C=O) groups is 1. The summed E-state index contributed by atoms with van der Waals surface area (Å²) in [6.07, 6.45) is 2.30. The van der Waals surface area contributed by atoms with Gasteiger partial charge in [0.1, 0.15) is 0 Å². The average molecular weight is 421 g/mol. The Bertz CT molecular complexity index is 771. The summed E-state index contributed by atoms with van der Waals surface area (Å²) in [6.45, 7) is 4.68. The number of hydrogen-bond acceptors (Lipinski definition) is 6. The van der Waals surface area contributed by atoms with Gasteiger partial charge in [-0.15, -0.1) is 0 Å². The number of carbonyl (C=O) groups excluding carboxylic acids is 1. The lowest BCUT2D eigenvalue weighted by Crippen LogP contribution is -2.49. The minimum absolute atomic E-state index is 0.194. The van der Waals surface area contributed by atoms with Crippen LogP contribution in [0.4, 0.5) is 5.95 Å². The summed E-state index contributed by atoms with van der Waals surface area (Å²) < 4.78 is 6.35. The van der Waals surface area contributed by atoms with Gasteiger partial charge in [-0.25, -0.2) is 9.97 Å². The van der Waals surface area contributed by atoms with E-state index in [0.717, 1.165) is 4.47 Å². The number of amides is 1. The zero-order valence-electron chi connectivity index (χ0n) is 14.6. The number of anilines is 1. The number of hydrogen-bond donors (Lipinski definition) is 2. The van der Waals surface area contributed by atoms with E-state index in [1.54, 1.807) is 30.6 Å². The maximum atomic E-state index is 12.8. The van der Waals surface area contributed by atoms with Crippen LogP contribution in [0.25, 0.3) is 0 Å². The van der Waals surface area contributed by atoms with Gasteiger partial charge in [-0.05, 0) is 35.8 Å². The van der Waals surface area contributed by atoms with E-state index in [1.165, 1.54) is 4.90 Å². The zero-order chi connectivity index (χ0) is 18.7. The Morgan fingerprint density at radius 2 is 2.04 bits per heavy atom. The molecule has 0 saturated heterocycles. The van der Waals surface area contributed by atoms with E-state index >= 15 is 0 Å². The van der Waals surface area contributed by atoms with Gasteiger partial charge in [-0.1, -0.05) is 18.2 Å².